The molecule has 2 heterocycles. The van der Waals surface area contributed by atoms with E-state index in [9.17, 15) is 18.4 Å². The third-order valence-electron chi connectivity index (χ3n) is 3.39. The molecule has 1 atom stereocenters. The summed E-state index contributed by atoms with van der Waals surface area (Å²) < 4.78 is 32.0. The van der Waals surface area contributed by atoms with Crippen LogP contribution in [-0.2, 0) is 4.79 Å². The van der Waals surface area contributed by atoms with Crippen molar-refractivity contribution < 1.29 is 22.9 Å². The minimum absolute atomic E-state index is 0.0309. The average molecular weight is 307 g/mol. The molecule has 114 valence electrons. The van der Waals surface area contributed by atoms with Crippen molar-refractivity contribution in [2.24, 2.45) is 0 Å². The molecular formula is C14H11F2N3O3. The molecule has 1 saturated heterocycles. The molecule has 1 aliphatic rings. The lowest BCUT2D eigenvalue weighted by Gasteiger charge is -2.18. The summed E-state index contributed by atoms with van der Waals surface area (Å²) >= 11 is 0. The number of carbonyl (C=O) groups is 2. The molecule has 0 unspecified atom stereocenters. The van der Waals surface area contributed by atoms with Crippen molar-refractivity contribution in [3.8, 4) is 0 Å². The highest BCUT2D eigenvalue weighted by atomic mass is 19.1. The van der Waals surface area contributed by atoms with Crippen LogP contribution in [-0.4, -0.2) is 29.6 Å². The van der Waals surface area contributed by atoms with E-state index in [4.69, 9.17) is 0 Å². The van der Waals surface area contributed by atoms with Crippen molar-refractivity contribution in [2.45, 2.75) is 12.5 Å². The Hall–Kier alpha value is -2.77. The lowest BCUT2D eigenvalue weighted by atomic mass is 10.2. The summed E-state index contributed by atoms with van der Waals surface area (Å²) in [5.41, 5.74) is -0.367. The number of hydrogen-bond donors (Lipinski definition) is 1. The molecule has 3 rings (SSSR count). The monoisotopic (exact) mass is 307 g/mol. The van der Waals surface area contributed by atoms with Crippen LogP contribution in [0.3, 0.4) is 0 Å². The Kier molecular flexibility index (Phi) is 3.58. The smallest absolute Gasteiger partial charge is 0.274 e. The second kappa shape index (κ2) is 5.55. The predicted octanol–water partition coefficient (Wildman–Crippen LogP) is 1.49. The van der Waals surface area contributed by atoms with E-state index in [1.54, 1.807) is 0 Å². The number of carbonyl (C=O) groups excluding carboxylic acids is 2. The van der Waals surface area contributed by atoms with Crippen molar-refractivity contribution in [2.75, 3.05) is 11.4 Å². The molecule has 22 heavy (non-hydrogen) atoms. The molecule has 2 aromatic rings. The molecule has 1 N–H and O–H groups in total. The SMILES string of the molecule is O=C(N[C@@H]1CCN(c2c(F)cccc2F)C1=O)c1ccon1. The van der Waals surface area contributed by atoms with E-state index < -0.39 is 35.2 Å². The molecule has 2 amide bonds. The largest absolute Gasteiger partial charge is 0.364 e. The Morgan fingerprint density at radius 2 is 2.05 bits per heavy atom. The summed E-state index contributed by atoms with van der Waals surface area (Å²) in [5.74, 6) is -2.79. The highest BCUT2D eigenvalue weighted by Crippen LogP contribution is 2.27. The van der Waals surface area contributed by atoms with E-state index in [1.165, 1.54) is 18.4 Å². The first-order chi connectivity index (χ1) is 10.6. The van der Waals surface area contributed by atoms with E-state index in [-0.39, 0.29) is 18.7 Å². The van der Waals surface area contributed by atoms with Crippen molar-refractivity contribution in [1.82, 2.24) is 10.5 Å². The number of halogens is 2. The maximum Gasteiger partial charge on any atom is 0.274 e. The van der Waals surface area contributed by atoms with Crippen molar-refractivity contribution in [3.05, 3.63) is 47.9 Å². The number of anilines is 1. The molecular weight excluding hydrogens is 296 g/mol. The van der Waals surface area contributed by atoms with Gasteiger partial charge in [-0.15, -0.1) is 0 Å². The fourth-order valence-electron chi connectivity index (χ4n) is 2.34. The highest BCUT2D eigenvalue weighted by molar-refractivity contribution is 6.03. The Morgan fingerprint density at radius 3 is 2.68 bits per heavy atom. The molecule has 8 heteroatoms. The third-order valence-corrected chi connectivity index (χ3v) is 3.39. The van der Waals surface area contributed by atoms with Crippen LogP contribution in [0.25, 0.3) is 0 Å². The number of aromatic nitrogens is 1. The molecule has 1 aromatic heterocycles. The maximum absolute atomic E-state index is 13.7. The van der Waals surface area contributed by atoms with E-state index in [0.29, 0.717) is 0 Å². The third kappa shape index (κ3) is 2.43. The van der Waals surface area contributed by atoms with Crippen LogP contribution in [0, 0.1) is 11.6 Å². The zero-order valence-electron chi connectivity index (χ0n) is 11.3. The van der Waals surface area contributed by atoms with Gasteiger partial charge in [0.05, 0.1) is 0 Å². The molecule has 1 aliphatic heterocycles. The van der Waals surface area contributed by atoms with Crippen LogP contribution in [0.1, 0.15) is 16.9 Å². The second-order valence-corrected chi connectivity index (χ2v) is 4.76. The van der Waals surface area contributed by atoms with Crippen molar-refractivity contribution >= 4 is 17.5 Å². The lowest BCUT2D eigenvalue weighted by molar-refractivity contribution is -0.118. The summed E-state index contributed by atoms with van der Waals surface area (Å²) in [6.07, 6.45) is 1.47. The average Bonchev–Trinajstić information content (AvgIpc) is 3.12. The fourth-order valence-corrected chi connectivity index (χ4v) is 2.34. The van der Waals surface area contributed by atoms with E-state index >= 15 is 0 Å². The van der Waals surface area contributed by atoms with Crippen LogP contribution >= 0.6 is 0 Å². The topological polar surface area (TPSA) is 75.4 Å². The molecule has 0 saturated carbocycles. The zero-order chi connectivity index (χ0) is 15.7. The molecule has 1 fully saturated rings. The van der Waals surface area contributed by atoms with E-state index in [2.05, 4.69) is 15.0 Å². The summed E-state index contributed by atoms with van der Waals surface area (Å²) in [7, 11) is 0. The number of benzene rings is 1. The number of amides is 2. The van der Waals surface area contributed by atoms with Crippen molar-refractivity contribution in [1.29, 1.82) is 0 Å². The minimum Gasteiger partial charge on any atom is -0.364 e. The summed E-state index contributed by atoms with van der Waals surface area (Å²) in [4.78, 5) is 25.1. The number of nitrogens with one attached hydrogen (secondary N) is 1. The predicted molar refractivity (Wildman–Crippen MR) is 71.1 cm³/mol. The normalized spacial score (nSPS) is 17.8. The van der Waals surface area contributed by atoms with E-state index in [1.807, 2.05) is 0 Å². The number of hydrogen-bond acceptors (Lipinski definition) is 4. The van der Waals surface area contributed by atoms with Gasteiger partial charge in [0, 0.05) is 12.6 Å². The highest BCUT2D eigenvalue weighted by Gasteiger charge is 2.36. The van der Waals surface area contributed by atoms with Gasteiger partial charge in [0.2, 0.25) is 5.91 Å². The van der Waals surface area contributed by atoms with Crippen LogP contribution in [0.2, 0.25) is 0 Å². The molecule has 0 spiro atoms. The number of para-hydroxylation sites is 1. The maximum atomic E-state index is 13.7. The first-order valence-electron chi connectivity index (χ1n) is 6.54. The van der Waals surface area contributed by atoms with Crippen LogP contribution in [0.4, 0.5) is 14.5 Å². The van der Waals surface area contributed by atoms with Gasteiger partial charge in [-0.25, -0.2) is 8.78 Å². The number of nitrogens with zero attached hydrogens (tertiary/aromatic N) is 2. The van der Waals surface area contributed by atoms with Gasteiger partial charge in [-0.1, -0.05) is 11.2 Å². The summed E-state index contributed by atoms with van der Waals surface area (Å²) in [5, 5.41) is 5.93. The zero-order valence-corrected chi connectivity index (χ0v) is 11.3. The Balaban J connectivity index is 1.77. The minimum atomic E-state index is -0.858. The molecule has 6 nitrogen and oxygen atoms in total. The Morgan fingerprint density at radius 1 is 1.32 bits per heavy atom. The van der Waals surface area contributed by atoms with Gasteiger partial charge >= 0.3 is 0 Å². The van der Waals surface area contributed by atoms with Gasteiger partial charge in [0.15, 0.2) is 5.69 Å². The summed E-state index contributed by atoms with van der Waals surface area (Å²) in [6, 6.07) is 3.87. The van der Waals surface area contributed by atoms with Gasteiger partial charge in [-0.2, -0.15) is 0 Å². The van der Waals surface area contributed by atoms with Crippen molar-refractivity contribution in [3.63, 3.8) is 0 Å². The van der Waals surface area contributed by atoms with Crippen LogP contribution in [0.5, 0.6) is 0 Å². The first-order valence-corrected chi connectivity index (χ1v) is 6.54. The van der Waals surface area contributed by atoms with Crippen LogP contribution < -0.4 is 10.2 Å². The number of rotatable bonds is 3. The fraction of sp³-hybridized carbons (Fsp3) is 0.214. The van der Waals surface area contributed by atoms with Gasteiger partial charge in [0.1, 0.15) is 29.6 Å². The van der Waals surface area contributed by atoms with Gasteiger partial charge in [-0.3, -0.25) is 9.59 Å². The Labute approximate surface area is 123 Å². The molecule has 0 radical (unpaired) electrons. The quantitative estimate of drug-likeness (QED) is 0.932. The van der Waals surface area contributed by atoms with Crippen LogP contribution in [0.15, 0.2) is 35.1 Å². The van der Waals surface area contributed by atoms with Gasteiger partial charge in [0.25, 0.3) is 5.91 Å². The van der Waals surface area contributed by atoms with E-state index in [0.717, 1.165) is 17.0 Å². The van der Waals surface area contributed by atoms with Gasteiger partial charge in [-0.05, 0) is 18.6 Å². The van der Waals surface area contributed by atoms with Gasteiger partial charge < -0.3 is 14.7 Å². The second-order valence-electron chi connectivity index (χ2n) is 4.76. The molecule has 1 aromatic carbocycles. The molecule has 0 aliphatic carbocycles. The summed E-state index contributed by atoms with van der Waals surface area (Å²) in [6.45, 7) is 0.112. The lowest BCUT2D eigenvalue weighted by Crippen LogP contribution is -2.42. The molecule has 0 bridgehead atoms. The Bertz CT molecular complexity index is 698. The first kappa shape index (κ1) is 14.2. The standard InChI is InChI=1S/C14H11F2N3O3/c15-8-2-1-3-9(16)12(8)19-6-4-11(14(19)21)17-13(20)10-5-7-22-18-10/h1-3,5,7,11H,4,6H2,(H,17,20)/t11-/m1/s1.